The Morgan fingerprint density at radius 1 is 1.10 bits per heavy atom. The van der Waals surface area contributed by atoms with Gasteiger partial charge in [0.1, 0.15) is 5.82 Å². The summed E-state index contributed by atoms with van der Waals surface area (Å²) < 4.78 is 27.4. The molecule has 0 amide bonds. The first-order valence-corrected chi connectivity index (χ1v) is 7.97. The van der Waals surface area contributed by atoms with Crippen molar-refractivity contribution in [3.63, 3.8) is 0 Å². The van der Waals surface area contributed by atoms with Crippen LogP contribution in [0.1, 0.15) is 5.82 Å². The molecule has 0 saturated carbocycles. The number of hydrogen-bond donors (Lipinski definition) is 2. The number of aromatic amines is 1. The number of nitrogens with zero attached hydrogens (tertiary/aromatic N) is 2. The molecular formula is C14H14N4O2S. The van der Waals surface area contributed by atoms with Crippen LogP contribution in [0.2, 0.25) is 0 Å². The Labute approximate surface area is 122 Å². The quantitative estimate of drug-likeness (QED) is 0.747. The van der Waals surface area contributed by atoms with Gasteiger partial charge in [0.2, 0.25) is 10.0 Å². The van der Waals surface area contributed by atoms with Crippen molar-refractivity contribution >= 4 is 20.9 Å². The molecule has 0 saturated heterocycles. The van der Waals surface area contributed by atoms with Crippen LogP contribution in [0.3, 0.4) is 0 Å². The van der Waals surface area contributed by atoms with Crippen molar-refractivity contribution in [1.82, 2.24) is 19.7 Å². The molecule has 2 heterocycles. The maximum atomic E-state index is 12.4. The second kappa shape index (κ2) is 5.63. The summed E-state index contributed by atoms with van der Waals surface area (Å²) in [6.07, 6.45) is 5.50. The molecule has 0 radical (unpaired) electrons. The van der Waals surface area contributed by atoms with Crippen LogP contribution < -0.4 is 4.72 Å². The van der Waals surface area contributed by atoms with E-state index in [1.54, 1.807) is 48.9 Å². The van der Waals surface area contributed by atoms with E-state index in [1.165, 1.54) is 0 Å². The highest BCUT2D eigenvalue weighted by Gasteiger charge is 2.16. The zero-order valence-corrected chi connectivity index (χ0v) is 12.0. The Morgan fingerprint density at radius 2 is 2.00 bits per heavy atom. The van der Waals surface area contributed by atoms with E-state index in [1.807, 2.05) is 0 Å². The van der Waals surface area contributed by atoms with Crippen LogP contribution in [-0.4, -0.2) is 29.9 Å². The highest BCUT2D eigenvalue weighted by Crippen LogP contribution is 2.20. The molecule has 0 fully saturated rings. The van der Waals surface area contributed by atoms with E-state index in [9.17, 15) is 8.42 Å². The monoisotopic (exact) mass is 302 g/mol. The van der Waals surface area contributed by atoms with Gasteiger partial charge >= 0.3 is 0 Å². The molecule has 1 aromatic carbocycles. The molecule has 7 heteroatoms. The molecule has 2 N–H and O–H groups in total. The van der Waals surface area contributed by atoms with E-state index in [4.69, 9.17) is 0 Å². The average molecular weight is 302 g/mol. The van der Waals surface area contributed by atoms with Crippen LogP contribution in [0.15, 0.2) is 53.8 Å². The average Bonchev–Trinajstić information content (AvgIpc) is 3.00. The van der Waals surface area contributed by atoms with Gasteiger partial charge in [-0.05, 0) is 24.3 Å². The third-order valence-corrected chi connectivity index (χ3v) is 4.62. The Bertz CT molecular complexity index is 839. The normalized spacial score (nSPS) is 11.8. The fraction of sp³-hybridized carbons (Fsp3) is 0.143. The Hall–Kier alpha value is -2.25. The molecule has 108 valence electrons. The number of imidazole rings is 1. The van der Waals surface area contributed by atoms with Gasteiger partial charge in [-0.2, -0.15) is 0 Å². The molecule has 0 atom stereocenters. The van der Waals surface area contributed by atoms with Crippen molar-refractivity contribution in [2.75, 3.05) is 6.54 Å². The van der Waals surface area contributed by atoms with E-state index >= 15 is 0 Å². The summed E-state index contributed by atoms with van der Waals surface area (Å²) in [6, 6.07) is 8.54. The first-order chi connectivity index (χ1) is 10.2. The molecule has 0 aliphatic heterocycles. The number of benzene rings is 1. The fourth-order valence-corrected chi connectivity index (χ4v) is 3.37. The largest absolute Gasteiger partial charge is 0.349 e. The minimum Gasteiger partial charge on any atom is -0.349 e. The summed E-state index contributed by atoms with van der Waals surface area (Å²) in [4.78, 5) is 11.4. The minimum absolute atomic E-state index is 0.243. The van der Waals surface area contributed by atoms with Crippen LogP contribution in [0.5, 0.6) is 0 Å². The van der Waals surface area contributed by atoms with Gasteiger partial charge in [-0.15, -0.1) is 0 Å². The molecule has 0 unspecified atom stereocenters. The number of H-pyrrole nitrogens is 1. The number of aromatic nitrogens is 3. The molecule has 0 spiro atoms. The summed E-state index contributed by atoms with van der Waals surface area (Å²) in [5, 5.41) is 0.616. The third kappa shape index (κ3) is 2.93. The zero-order chi connectivity index (χ0) is 14.7. The molecule has 3 aromatic rings. The summed E-state index contributed by atoms with van der Waals surface area (Å²) >= 11 is 0. The zero-order valence-electron chi connectivity index (χ0n) is 11.2. The lowest BCUT2D eigenvalue weighted by atomic mass is 10.2. The molecule has 6 nitrogen and oxygen atoms in total. The molecule has 0 aliphatic carbocycles. The van der Waals surface area contributed by atoms with E-state index < -0.39 is 10.0 Å². The number of nitrogens with one attached hydrogen (secondary N) is 2. The highest BCUT2D eigenvalue weighted by molar-refractivity contribution is 7.89. The molecule has 21 heavy (non-hydrogen) atoms. The standard InChI is InChI=1S/C14H14N4O2S/c19-21(20,18-8-6-14-16-9-10-17-14)13-5-1-4-12-11(13)3-2-7-15-12/h1-5,7,9-10,18H,6,8H2,(H,16,17). The van der Waals surface area contributed by atoms with Crippen molar-refractivity contribution in [2.24, 2.45) is 0 Å². The molecule has 0 aliphatic rings. The van der Waals surface area contributed by atoms with Crippen molar-refractivity contribution < 1.29 is 8.42 Å². The van der Waals surface area contributed by atoms with Crippen LogP contribution in [0.25, 0.3) is 10.9 Å². The minimum atomic E-state index is -3.57. The second-order valence-electron chi connectivity index (χ2n) is 4.51. The second-order valence-corrected chi connectivity index (χ2v) is 6.25. The smallest absolute Gasteiger partial charge is 0.241 e. The van der Waals surface area contributed by atoms with E-state index in [2.05, 4.69) is 19.7 Å². The van der Waals surface area contributed by atoms with Crippen LogP contribution in [0, 0.1) is 0 Å². The van der Waals surface area contributed by atoms with Crippen molar-refractivity contribution in [3.05, 3.63) is 54.7 Å². The predicted molar refractivity (Wildman–Crippen MR) is 79.2 cm³/mol. The Balaban J connectivity index is 1.83. The van der Waals surface area contributed by atoms with E-state index in [0.29, 0.717) is 17.3 Å². The van der Waals surface area contributed by atoms with Gasteiger partial charge < -0.3 is 4.98 Å². The maximum absolute atomic E-state index is 12.4. The lowest BCUT2D eigenvalue weighted by Gasteiger charge is -2.08. The van der Waals surface area contributed by atoms with E-state index in [-0.39, 0.29) is 11.4 Å². The summed E-state index contributed by atoms with van der Waals surface area (Å²) in [5.41, 5.74) is 0.659. The fourth-order valence-electron chi connectivity index (χ4n) is 2.13. The predicted octanol–water partition coefficient (Wildman–Crippen LogP) is 1.48. The van der Waals surface area contributed by atoms with Gasteiger partial charge in [0.15, 0.2) is 0 Å². The van der Waals surface area contributed by atoms with E-state index in [0.717, 1.165) is 5.82 Å². The SMILES string of the molecule is O=S(=O)(NCCc1ncc[nH]1)c1cccc2ncccc12. The van der Waals surface area contributed by atoms with Crippen molar-refractivity contribution in [3.8, 4) is 0 Å². The lowest BCUT2D eigenvalue weighted by molar-refractivity contribution is 0.582. The number of rotatable bonds is 5. The van der Waals surface area contributed by atoms with Gasteiger partial charge in [-0.3, -0.25) is 4.98 Å². The number of hydrogen-bond acceptors (Lipinski definition) is 4. The van der Waals surface area contributed by atoms with Gasteiger partial charge in [-0.1, -0.05) is 6.07 Å². The van der Waals surface area contributed by atoms with Crippen LogP contribution >= 0.6 is 0 Å². The molecule has 0 bridgehead atoms. The number of pyridine rings is 1. The molecule has 2 aromatic heterocycles. The molecule has 3 rings (SSSR count). The van der Waals surface area contributed by atoms with Gasteiger partial charge in [0.05, 0.1) is 10.4 Å². The Morgan fingerprint density at radius 3 is 2.81 bits per heavy atom. The van der Waals surface area contributed by atoms with Crippen molar-refractivity contribution in [1.29, 1.82) is 0 Å². The van der Waals surface area contributed by atoms with Gasteiger partial charge in [-0.25, -0.2) is 18.1 Å². The molecular weight excluding hydrogens is 288 g/mol. The summed E-state index contributed by atoms with van der Waals surface area (Å²) in [6.45, 7) is 0.284. The van der Waals surface area contributed by atoms with Crippen LogP contribution in [-0.2, 0) is 16.4 Å². The van der Waals surface area contributed by atoms with Gasteiger partial charge in [0.25, 0.3) is 0 Å². The Kier molecular flexibility index (Phi) is 3.68. The summed E-state index contributed by atoms with van der Waals surface area (Å²) in [5.74, 6) is 0.747. The number of fused-ring (bicyclic) bond motifs is 1. The first-order valence-electron chi connectivity index (χ1n) is 6.48. The first kappa shape index (κ1) is 13.7. The number of sulfonamides is 1. The van der Waals surface area contributed by atoms with Crippen molar-refractivity contribution in [2.45, 2.75) is 11.3 Å². The highest BCUT2D eigenvalue weighted by atomic mass is 32.2. The lowest BCUT2D eigenvalue weighted by Crippen LogP contribution is -2.26. The van der Waals surface area contributed by atoms with Crippen LogP contribution in [0.4, 0.5) is 0 Å². The topological polar surface area (TPSA) is 87.7 Å². The summed E-state index contributed by atoms with van der Waals surface area (Å²) in [7, 11) is -3.57. The maximum Gasteiger partial charge on any atom is 0.241 e. The van der Waals surface area contributed by atoms with Gasteiger partial charge in [0, 0.05) is 36.9 Å². The third-order valence-electron chi connectivity index (χ3n) is 3.10.